The Hall–Kier alpha value is -2.66. The lowest BCUT2D eigenvalue weighted by Gasteiger charge is -2.04. The molecular formula is C16H14ClN3O2. The highest BCUT2D eigenvalue weighted by Crippen LogP contribution is 2.09. The molecule has 0 unspecified atom stereocenters. The molecule has 0 aliphatic heterocycles. The van der Waals surface area contributed by atoms with Crippen molar-refractivity contribution in [1.82, 2.24) is 5.43 Å². The number of carbonyl (C=O) groups is 2. The van der Waals surface area contributed by atoms with E-state index in [9.17, 15) is 9.59 Å². The highest BCUT2D eigenvalue weighted by atomic mass is 35.5. The Balaban J connectivity index is 1.89. The van der Waals surface area contributed by atoms with Gasteiger partial charge in [0.25, 0.3) is 0 Å². The summed E-state index contributed by atoms with van der Waals surface area (Å²) in [6.07, 6.45) is 1.42. The number of rotatable bonds is 3. The first-order chi connectivity index (χ1) is 10.5. The zero-order valence-electron chi connectivity index (χ0n) is 11.8. The highest BCUT2D eigenvalue weighted by molar-refractivity contribution is 6.39. The van der Waals surface area contributed by atoms with Crippen molar-refractivity contribution in [3.63, 3.8) is 0 Å². The van der Waals surface area contributed by atoms with Crippen LogP contribution in [0.5, 0.6) is 0 Å². The Bertz CT molecular complexity index is 712. The Morgan fingerprint density at radius 3 is 2.50 bits per heavy atom. The molecule has 22 heavy (non-hydrogen) atoms. The van der Waals surface area contributed by atoms with Gasteiger partial charge < -0.3 is 5.32 Å². The minimum Gasteiger partial charge on any atom is -0.318 e. The van der Waals surface area contributed by atoms with Crippen molar-refractivity contribution in [3.05, 3.63) is 64.7 Å². The van der Waals surface area contributed by atoms with E-state index >= 15 is 0 Å². The molecule has 0 bridgehead atoms. The standard InChI is InChI=1S/C16H14ClN3O2/c1-11-3-2-4-14(9-11)19-15(21)16(22)20-18-10-12-5-7-13(17)8-6-12/h2-10H,1H3,(H,19,21)(H,20,22). The fourth-order valence-electron chi connectivity index (χ4n) is 1.68. The molecule has 0 saturated carbocycles. The summed E-state index contributed by atoms with van der Waals surface area (Å²) in [5.41, 5.74) is 4.46. The summed E-state index contributed by atoms with van der Waals surface area (Å²) in [6, 6.07) is 14.0. The average molecular weight is 316 g/mol. The van der Waals surface area contributed by atoms with Crippen molar-refractivity contribution in [2.45, 2.75) is 6.92 Å². The van der Waals surface area contributed by atoms with E-state index in [1.54, 1.807) is 42.5 Å². The number of benzene rings is 2. The van der Waals surface area contributed by atoms with E-state index in [1.165, 1.54) is 6.21 Å². The number of hydrogen-bond donors (Lipinski definition) is 2. The van der Waals surface area contributed by atoms with Crippen LogP contribution in [-0.4, -0.2) is 18.0 Å². The molecule has 6 heteroatoms. The highest BCUT2D eigenvalue weighted by Gasteiger charge is 2.12. The Morgan fingerprint density at radius 2 is 1.82 bits per heavy atom. The number of hydrazone groups is 1. The predicted octanol–water partition coefficient (Wildman–Crippen LogP) is 2.74. The van der Waals surface area contributed by atoms with E-state index in [-0.39, 0.29) is 0 Å². The first-order valence-electron chi connectivity index (χ1n) is 6.51. The van der Waals surface area contributed by atoms with Crippen molar-refractivity contribution in [1.29, 1.82) is 0 Å². The van der Waals surface area contributed by atoms with Gasteiger partial charge in [-0.25, -0.2) is 5.43 Å². The van der Waals surface area contributed by atoms with Gasteiger partial charge in [-0.3, -0.25) is 9.59 Å². The molecule has 0 heterocycles. The van der Waals surface area contributed by atoms with Crippen molar-refractivity contribution in [2.24, 2.45) is 5.10 Å². The van der Waals surface area contributed by atoms with Gasteiger partial charge in [0.15, 0.2) is 0 Å². The summed E-state index contributed by atoms with van der Waals surface area (Å²) in [4.78, 5) is 23.3. The molecule has 112 valence electrons. The van der Waals surface area contributed by atoms with E-state index in [0.717, 1.165) is 11.1 Å². The van der Waals surface area contributed by atoms with E-state index in [4.69, 9.17) is 11.6 Å². The lowest BCUT2D eigenvalue weighted by Crippen LogP contribution is -2.32. The molecule has 0 radical (unpaired) electrons. The zero-order valence-corrected chi connectivity index (χ0v) is 12.6. The van der Waals surface area contributed by atoms with Gasteiger partial charge in [0.2, 0.25) is 0 Å². The van der Waals surface area contributed by atoms with E-state index < -0.39 is 11.8 Å². The molecule has 2 amide bonds. The topological polar surface area (TPSA) is 70.6 Å². The van der Waals surface area contributed by atoms with Crippen LogP contribution < -0.4 is 10.7 Å². The Kier molecular flexibility index (Phi) is 5.27. The molecule has 0 atom stereocenters. The summed E-state index contributed by atoms with van der Waals surface area (Å²) in [5, 5.41) is 6.83. The van der Waals surface area contributed by atoms with Crippen LogP contribution in [0.4, 0.5) is 5.69 Å². The van der Waals surface area contributed by atoms with Gasteiger partial charge in [-0.2, -0.15) is 5.10 Å². The van der Waals surface area contributed by atoms with E-state index in [0.29, 0.717) is 10.7 Å². The Labute approximate surface area is 133 Å². The van der Waals surface area contributed by atoms with Gasteiger partial charge >= 0.3 is 11.8 Å². The van der Waals surface area contributed by atoms with Gasteiger partial charge in [-0.1, -0.05) is 35.9 Å². The van der Waals surface area contributed by atoms with Gasteiger partial charge in [0, 0.05) is 10.7 Å². The van der Waals surface area contributed by atoms with Gasteiger partial charge in [0.05, 0.1) is 6.21 Å². The lowest BCUT2D eigenvalue weighted by atomic mass is 10.2. The fourth-order valence-corrected chi connectivity index (χ4v) is 1.80. The van der Waals surface area contributed by atoms with Crippen LogP contribution in [0.25, 0.3) is 0 Å². The van der Waals surface area contributed by atoms with Crippen molar-refractivity contribution in [2.75, 3.05) is 5.32 Å². The maximum Gasteiger partial charge on any atom is 0.329 e. The second-order valence-electron chi connectivity index (χ2n) is 4.57. The third-order valence-electron chi connectivity index (χ3n) is 2.73. The van der Waals surface area contributed by atoms with E-state index in [1.807, 2.05) is 13.0 Å². The second kappa shape index (κ2) is 7.38. The van der Waals surface area contributed by atoms with Crippen LogP contribution >= 0.6 is 11.6 Å². The van der Waals surface area contributed by atoms with E-state index in [2.05, 4.69) is 15.8 Å². The number of anilines is 1. The molecule has 2 aromatic rings. The summed E-state index contributed by atoms with van der Waals surface area (Å²) in [7, 11) is 0. The third kappa shape index (κ3) is 4.71. The zero-order chi connectivity index (χ0) is 15.9. The first kappa shape index (κ1) is 15.7. The maximum absolute atomic E-state index is 11.7. The minimum absolute atomic E-state index is 0.557. The maximum atomic E-state index is 11.7. The Morgan fingerprint density at radius 1 is 1.09 bits per heavy atom. The summed E-state index contributed by atoms with van der Waals surface area (Å²) in [5.74, 6) is -1.62. The second-order valence-corrected chi connectivity index (χ2v) is 5.01. The molecular weight excluding hydrogens is 302 g/mol. The average Bonchev–Trinajstić information content (AvgIpc) is 2.49. The molecule has 2 aromatic carbocycles. The third-order valence-corrected chi connectivity index (χ3v) is 2.98. The normalized spacial score (nSPS) is 10.5. The number of amides is 2. The van der Waals surface area contributed by atoms with Crippen LogP contribution in [0.15, 0.2) is 53.6 Å². The summed E-state index contributed by atoms with van der Waals surface area (Å²) < 4.78 is 0. The number of nitrogens with one attached hydrogen (secondary N) is 2. The molecule has 0 fully saturated rings. The lowest BCUT2D eigenvalue weighted by molar-refractivity contribution is -0.136. The SMILES string of the molecule is Cc1cccc(NC(=O)C(=O)NN=Cc2ccc(Cl)cc2)c1. The van der Waals surface area contributed by atoms with Crippen molar-refractivity contribution < 1.29 is 9.59 Å². The molecule has 2 rings (SSSR count). The predicted molar refractivity (Wildman–Crippen MR) is 87.0 cm³/mol. The molecule has 2 N–H and O–H groups in total. The van der Waals surface area contributed by atoms with Crippen molar-refractivity contribution in [3.8, 4) is 0 Å². The van der Waals surface area contributed by atoms with Crippen LogP contribution in [0, 0.1) is 6.92 Å². The number of aryl methyl sites for hydroxylation is 1. The van der Waals surface area contributed by atoms with Crippen molar-refractivity contribution >= 4 is 35.3 Å². The van der Waals surface area contributed by atoms with Crippen LogP contribution in [0.1, 0.15) is 11.1 Å². The fraction of sp³-hybridized carbons (Fsp3) is 0.0625. The summed E-state index contributed by atoms with van der Waals surface area (Å²) >= 11 is 5.76. The molecule has 5 nitrogen and oxygen atoms in total. The number of carbonyl (C=O) groups excluding carboxylic acids is 2. The number of nitrogens with zero attached hydrogens (tertiary/aromatic N) is 1. The molecule has 0 saturated heterocycles. The number of hydrogen-bond acceptors (Lipinski definition) is 3. The van der Waals surface area contributed by atoms with Crippen LogP contribution in [0.2, 0.25) is 5.02 Å². The van der Waals surface area contributed by atoms with Gasteiger partial charge in [-0.15, -0.1) is 0 Å². The van der Waals surface area contributed by atoms with Crippen LogP contribution in [-0.2, 0) is 9.59 Å². The molecule has 0 aromatic heterocycles. The van der Waals surface area contributed by atoms with Gasteiger partial charge in [0.1, 0.15) is 0 Å². The number of halogens is 1. The molecule has 0 spiro atoms. The smallest absolute Gasteiger partial charge is 0.318 e. The molecule has 0 aliphatic rings. The van der Waals surface area contributed by atoms with Gasteiger partial charge in [-0.05, 0) is 42.3 Å². The monoisotopic (exact) mass is 315 g/mol. The quantitative estimate of drug-likeness (QED) is 0.519. The molecule has 0 aliphatic carbocycles. The first-order valence-corrected chi connectivity index (χ1v) is 6.89. The largest absolute Gasteiger partial charge is 0.329 e. The summed E-state index contributed by atoms with van der Waals surface area (Å²) in [6.45, 7) is 1.89. The minimum atomic E-state index is -0.841. The van der Waals surface area contributed by atoms with Crippen LogP contribution in [0.3, 0.4) is 0 Å².